The first-order valence-corrected chi connectivity index (χ1v) is 14.6. The topological polar surface area (TPSA) is 66.0 Å². The van der Waals surface area contributed by atoms with Crippen molar-refractivity contribution in [1.82, 2.24) is 0 Å². The van der Waals surface area contributed by atoms with E-state index in [1.54, 1.807) is 48.5 Å². The molecule has 0 atom stereocenters. The molecule has 0 saturated heterocycles. The zero-order chi connectivity index (χ0) is 29.6. The van der Waals surface area contributed by atoms with Gasteiger partial charge in [0, 0.05) is 48.5 Å². The summed E-state index contributed by atoms with van der Waals surface area (Å²) in [4.78, 5) is 24.7. The first-order chi connectivity index (χ1) is 20.5. The van der Waals surface area contributed by atoms with Gasteiger partial charge in [0.05, 0.1) is 11.1 Å². The Bertz CT molecular complexity index is 1310. The number of rotatable bonds is 15. The van der Waals surface area contributed by atoms with Gasteiger partial charge in [-0.1, -0.05) is 25.7 Å². The molecule has 2 aromatic heterocycles. The number of anilines is 2. The minimum absolute atomic E-state index is 0. The second-order valence-corrected chi connectivity index (χ2v) is 10.4. The fourth-order valence-electron chi connectivity index (χ4n) is 4.64. The van der Waals surface area contributed by atoms with E-state index in [2.05, 4.69) is 19.8 Å². The highest BCUT2D eigenvalue weighted by molar-refractivity contribution is 6.04. The molecule has 0 saturated carbocycles. The van der Waals surface area contributed by atoms with Crippen LogP contribution in [0.3, 0.4) is 0 Å². The molecule has 4 rings (SSSR count). The third kappa shape index (κ3) is 12.6. The van der Waals surface area contributed by atoms with E-state index in [1.165, 1.54) is 62.8 Å². The van der Waals surface area contributed by atoms with Gasteiger partial charge in [0.25, 0.3) is 11.8 Å². The fourth-order valence-corrected chi connectivity index (χ4v) is 4.64. The van der Waals surface area contributed by atoms with Crippen LogP contribution in [0.2, 0.25) is 0 Å². The number of aromatic nitrogens is 2. The third-order valence-electron chi connectivity index (χ3n) is 7.09. The summed E-state index contributed by atoms with van der Waals surface area (Å²) >= 11 is 0. The number of pyridine rings is 2. The van der Waals surface area contributed by atoms with Crippen LogP contribution in [0.1, 0.15) is 72.1 Å². The highest BCUT2D eigenvalue weighted by Crippen LogP contribution is 2.12. The number of aryl methyl sites for hydroxylation is 2. The van der Waals surface area contributed by atoms with E-state index >= 15 is 0 Å². The second-order valence-electron chi connectivity index (χ2n) is 10.4. The lowest BCUT2D eigenvalue weighted by molar-refractivity contribution is -0.697. The zero-order valence-electron chi connectivity index (χ0n) is 24.5. The van der Waals surface area contributed by atoms with Crippen LogP contribution in [-0.2, 0) is 13.1 Å². The molecule has 0 radical (unpaired) electrons. The largest absolute Gasteiger partial charge is 1.00 e. The molecule has 10 heteroatoms. The molecule has 2 aromatic carbocycles. The summed E-state index contributed by atoms with van der Waals surface area (Å²) in [5, 5.41) is 5.55. The number of hydrogen-bond donors (Lipinski definition) is 2. The molecular formula is C34H38Br2F2N4O2. The van der Waals surface area contributed by atoms with Crippen molar-refractivity contribution in [2.45, 2.75) is 64.5 Å². The van der Waals surface area contributed by atoms with Crippen LogP contribution >= 0.6 is 0 Å². The Hall–Kier alpha value is -3.50. The van der Waals surface area contributed by atoms with Crippen molar-refractivity contribution < 1.29 is 61.5 Å². The standard InChI is InChI=1S/C34H36F2N4O2.2BrH/c35-29-9-13-31(14-10-29)37-33(41)27-17-23-39(24-18-27)21-7-5-3-1-2-4-6-8-22-40-25-19-28(20-26-40)34(42)38-32-15-11-30(36)12-16-32;;/h9-20,23-26H,1-8,21-22H2;2*1H. The van der Waals surface area contributed by atoms with E-state index in [9.17, 15) is 18.4 Å². The number of nitrogens with zero attached hydrogens (tertiary/aromatic N) is 2. The second kappa shape index (κ2) is 19.7. The van der Waals surface area contributed by atoms with Gasteiger partial charge in [-0.05, 0) is 61.4 Å². The van der Waals surface area contributed by atoms with Crippen LogP contribution in [-0.4, -0.2) is 11.8 Å². The molecule has 234 valence electrons. The number of benzene rings is 2. The Morgan fingerprint density at radius 1 is 0.477 bits per heavy atom. The molecule has 2 heterocycles. The minimum atomic E-state index is -0.335. The summed E-state index contributed by atoms with van der Waals surface area (Å²) in [6.07, 6.45) is 17.2. The Morgan fingerprint density at radius 3 is 1.09 bits per heavy atom. The Kier molecular flexibility index (Phi) is 16.4. The van der Waals surface area contributed by atoms with E-state index in [0.717, 1.165) is 25.9 Å². The van der Waals surface area contributed by atoms with Gasteiger partial charge in [0.2, 0.25) is 0 Å². The van der Waals surface area contributed by atoms with Crippen LogP contribution in [0.25, 0.3) is 0 Å². The first-order valence-electron chi connectivity index (χ1n) is 14.6. The number of halogens is 4. The maximum absolute atomic E-state index is 13.0. The summed E-state index contributed by atoms with van der Waals surface area (Å²) in [7, 11) is 0. The van der Waals surface area contributed by atoms with Gasteiger partial charge in [0.1, 0.15) is 24.7 Å². The summed E-state index contributed by atoms with van der Waals surface area (Å²) < 4.78 is 30.2. The van der Waals surface area contributed by atoms with Crippen molar-refractivity contribution in [1.29, 1.82) is 0 Å². The lowest BCUT2D eigenvalue weighted by Gasteiger charge is -2.05. The molecule has 0 unspecified atom stereocenters. The van der Waals surface area contributed by atoms with Gasteiger partial charge in [-0.15, -0.1) is 0 Å². The van der Waals surface area contributed by atoms with Crippen LogP contribution in [0.4, 0.5) is 20.2 Å². The van der Waals surface area contributed by atoms with Crippen LogP contribution < -0.4 is 53.7 Å². The Balaban J connectivity index is 0.00000337. The lowest BCUT2D eigenvalue weighted by Crippen LogP contribution is -3.00. The summed E-state index contributed by atoms with van der Waals surface area (Å²) in [5.74, 6) is -1.10. The normalized spacial score (nSPS) is 10.3. The van der Waals surface area contributed by atoms with E-state index in [-0.39, 0.29) is 57.4 Å². The smallest absolute Gasteiger partial charge is 0.256 e. The monoisotopic (exact) mass is 730 g/mol. The SMILES string of the molecule is O=C(Nc1ccc(F)cc1)c1cc[n+](CCCCCCCCCC[n+]2ccc(C(=O)Nc3ccc(F)cc3)cc2)cc1.[Br-].[Br-]. The fraction of sp³-hybridized carbons (Fsp3) is 0.294. The van der Waals surface area contributed by atoms with Gasteiger partial charge in [-0.25, -0.2) is 17.9 Å². The van der Waals surface area contributed by atoms with Crippen molar-refractivity contribution in [3.8, 4) is 0 Å². The van der Waals surface area contributed by atoms with Gasteiger partial charge in [-0.3, -0.25) is 9.59 Å². The average molecular weight is 733 g/mol. The molecule has 0 aliphatic carbocycles. The van der Waals surface area contributed by atoms with Crippen molar-refractivity contribution in [2.24, 2.45) is 0 Å². The van der Waals surface area contributed by atoms with Crippen LogP contribution in [0.15, 0.2) is 97.6 Å². The van der Waals surface area contributed by atoms with Crippen molar-refractivity contribution in [3.63, 3.8) is 0 Å². The molecule has 0 spiro atoms. The molecule has 2 amide bonds. The Morgan fingerprint density at radius 2 is 0.773 bits per heavy atom. The number of nitrogens with one attached hydrogen (secondary N) is 2. The maximum atomic E-state index is 13.0. The number of amides is 2. The summed E-state index contributed by atoms with van der Waals surface area (Å²) in [5.41, 5.74) is 2.26. The van der Waals surface area contributed by atoms with Gasteiger partial charge < -0.3 is 44.6 Å². The molecular weight excluding hydrogens is 694 g/mol. The molecule has 6 nitrogen and oxygen atoms in total. The number of carbonyl (C=O) groups is 2. The van der Waals surface area contributed by atoms with Crippen molar-refractivity contribution >= 4 is 23.2 Å². The van der Waals surface area contributed by atoms with E-state index in [4.69, 9.17) is 0 Å². The molecule has 0 fully saturated rings. The molecule has 2 N–H and O–H groups in total. The van der Waals surface area contributed by atoms with Crippen LogP contribution in [0.5, 0.6) is 0 Å². The molecule has 0 aliphatic heterocycles. The van der Waals surface area contributed by atoms with Gasteiger partial charge in [0.15, 0.2) is 24.8 Å². The quantitative estimate of drug-likeness (QED) is 0.141. The average Bonchev–Trinajstić information content (AvgIpc) is 3.01. The third-order valence-corrected chi connectivity index (χ3v) is 7.09. The molecule has 0 aliphatic rings. The highest BCUT2D eigenvalue weighted by Gasteiger charge is 2.10. The summed E-state index contributed by atoms with van der Waals surface area (Å²) in [6.45, 7) is 1.84. The van der Waals surface area contributed by atoms with E-state index in [1.807, 2.05) is 24.8 Å². The van der Waals surface area contributed by atoms with Crippen molar-refractivity contribution in [2.75, 3.05) is 10.6 Å². The van der Waals surface area contributed by atoms with Gasteiger partial charge in [-0.2, -0.15) is 0 Å². The van der Waals surface area contributed by atoms with E-state index in [0.29, 0.717) is 22.5 Å². The van der Waals surface area contributed by atoms with Crippen LogP contribution in [0, 0.1) is 11.6 Å². The molecule has 4 aromatic rings. The zero-order valence-corrected chi connectivity index (χ0v) is 27.7. The highest BCUT2D eigenvalue weighted by atomic mass is 79.9. The maximum Gasteiger partial charge on any atom is 0.256 e. The van der Waals surface area contributed by atoms with Crippen molar-refractivity contribution in [3.05, 3.63) is 120 Å². The number of hydrogen-bond acceptors (Lipinski definition) is 2. The number of carbonyl (C=O) groups excluding carboxylic acids is 2. The van der Waals surface area contributed by atoms with E-state index < -0.39 is 0 Å². The predicted octanol–water partition coefficient (Wildman–Crippen LogP) is 0.873. The molecule has 0 bridgehead atoms. The molecule has 44 heavy (non-hydrogen) atoms. The van der Waals surface area contributed by atoms with Gasteiger partial charge >= 0.3 is 0 Å². The lowest BCUT2D eigenvalue weighted by atomic mass is 10.1. The number of unbranched alkanes of at least 4 members (excludes halogenated alkanes) is 7. The first kappa shape index (κ1) is 36.7. The summed E-state index contributed by atoms with van der Waals surface area (Å²) in [6, 6.07) is 18.7. The predicted molar refractivity (Wildman–Crippen MR) is 159 cm³/mol. The Labute approximate surface area is 279 Å². The minimum Gasteiger partial charge on any atom is -1.00 e.